The Bertz CT molecular complexity index is 578. The zero-order valence-electron chi connectivity index (χ0n) is 28.4. The van der Waals surface area contributed by atoms with Crippen molar-refractivity contribution in [3.63, 3.8) is 0 Å². The third-order valence-electron chi connectivity index (χ3n) is 5.92. The molecule has 0 heterocycles. The van der Waals surface area contributed by atoms with Crippen molar-refractivity contribution in [2.75, 3.05) is 156 Å². The molecule has 13 nitrogen and oxygen atoms in total. The van der Waals surface area contributed by atoms with Crippen LogP contribution >= 0.6 is 22.6 Å². The van der Waals surface area contributed by atoms with E-state index in [0.29, 0.717) is 145 Å². The second kappa shape index (κ2) is 42.8. The summed E-state index contributed by atoms with van der Waals surface area (Å²) in [5, 5.41) is 0. The molecule has 0 rings (SSSR count). The first kappa shape index (κ1) is 45.8. The number of carbonyl (C=O) groups excluding carboxylic acids is 1. The van der Waals surface area contributed by atoms with Gasteiger partial charge in [-0.2, -0.15) is 0 Å². The third kappa shape index (κ3) is 41.8. The first-order valence-electron chi connectivity index (χ1n) is 16.9. The van der Waals surface area contributed by atoms with Gasteiger partial charge in [0.15, 0.2) is 0 Å². The molecule has 0 aromatic carbocycles. The zero-order valence-corrected chi connectivity index (χ0v) is 30.6. The van der Waals surface area contributed by atoms with Crippen molar-refractivity contribution < 1.29 is 61.6 Å². The standard InChI is InChI=1S/C32H63IO13/c1-2-3-4-5-6-7-32(34)46-31-30-45-29-28-44-27-26-43-25-24-42-23-22-41-21-20-40-19-18-39-17-16-38-15-14-37-13-12-36-11-10-35-9-8-33/h2-31H2,1H3. The molecule has 0 amide bonds. The number of rotatable bonds is 41. The summed E-state index contributed by atoms with van der Waals surface area (Å²) in [4.78, 5) is 11.6. The fourth-order valence-corrected chi connectivity index (χ4v) is 3.83. The molecule has 0 aliphatic heterocycles. The van der Waals surface area contributed by atoms with Crippen LogP contribution in [0.1, 0.15) is 45.4 Å². The minimum Gasteiger partial charge on any atom is -0.463 e. The summed E-state index contributed by atoms with van der Waals surface area (Å²) in [7, 11) is 0. The van der Waals surface area contributed by atoms with Gasteiger partial charge in [-0.25, -0.2) is 0 Å². The molecule has 0 N–H and O–H groups in total. The highest BCUT2D eigenvalue weighted by Crippen LogP contribution is 2.05. The molecule has 0 aromatic heterocycles. The summed E-state index contributed by atoms with van der Waals surface area (Å²) in [6, 6.07) is 0. The minimum absolute atomic E-state index is 0.146. The second-order valence-corrected chi connectivity index (χ2v) is 10.9. The van der Waals surface area contributed by atoms with Crippen molar-refractivity contribution in [1.82, 2.24) is 0 Å². The van der Waals surface area contributed by atoms with Crippen LogP contribution < -0.4 is 0 Å². The van der Waals surface area contributed by atoms with E-state index in [1.165, 1.54) is 19.3 Å². The Labute approximate surface area is 291 Å². The molecular formula is C32H63IO13. The second-order valence-electron chi connectivity index (χ2n) is 9.81. The van der Waals surface area contributed by atoms with E-state index in [1.807, 2.05) is 0 Å². The largest absolute Gasteiger partial charge is 0.463 e. The molecule has 0 aliphatic carbocycles. The summed E-state index contributed by atoms with van der Waals surface area (Å²) in [6.45, 7) is 14.0. The van der Waals surface area contributed by atoms with Crippen molar-refractivity contribution in [1.29, 1.82) is 0 Å². The van der Waals surface area contributed by atoms with E-state index in [1.54, 1.807) is 0 Å². The summed E-state index contributed by atoms with van der Waals surface area (Å²) in [6.07, 6.45) is 6.08. The molecule has 0 aliphatic rings. The van der Waals surface area contributed by atoms with E-state index < -0.39 is 0 Å². The number of hydrogen-bond acceptors (Lipinski definition) is 13. The minimum atomic E-state index is -0.146. The van der Waals surface area contributed by atoms with Gasteiger partial charge in [-0.1, -0.05) is 55.2 Å². The molecule has 276 valence electrons. The van der Waals surface area contributed by atoms with Crippen molar-refractivity contribution in [3.8, 4) is 0 Å². The van der Waals surface area contributed by atoms with Gasteiger partial charge in [0.05, 0.1) is 145 Å². The first-order chi connectivity index (χ1) is 22.8. The summed E-state index contributed by atoms with van der Waals surface area (Å²) in [5.74, 6) is -0.146. The molecule has 0 bridgehead atoms. The van der Waals surface area contributed by atoms with E-state index in [-0.39, 0.29) is 12.6 Å². The lowest BCUT2D eigenvalue weighted by molar-refractivity contribution is -0.145. The number of esters is 1. The SMILES string of the molecule is CCCCCCCC(=O)OCCOCCOCCOCCOCCOCCOCCOCCOCCOCCOCCOCCI. The number of ether oxygens (including phenoxy) is 12. The lowest BCUT2D eigenvalue weighted by Gasteiger charge is -2.09. The van der Waals surface area contributed by atoms with Crippen LogP contribution in [0.3, 0.4) is 0 Å². The van der Waals surface area contributed by atoms with Crippen LogP contribution in [-0.2, 0) is 61.6 Å². The number of carbonyl (C=O) groups is 1. The van der Waals surface area contributed by atoms with Gasteiger partial charge in [0.1, 0.15) is 6.61 Å². The lowest BCUT2D eigenvalue weighted by atomic mass is 10.1. The van der Waals surface area contributed by atoms with Gasteiger partial charge in [0.25, 0.3) is 0 Å². The molecule has 0 aromatic rings. The van der Waals surface area contributed by atoms with Crippen LogP contribution in [0.5, 0.6) is 0 Å². The average molecular weight is 783 g/mol. The molecule has 0 fully saturated rings. The number of unbranched alkanes of at least 4 members (excludes halogenated alkanes) is 4. The smallest absolute Gasteiger partial charge is 0.305 e. The molecule has 0 radical (unpaired) electrons. The van der Waals surface area contributed by atoms with Crippen molar-refractivity contribution >= 4 is 28.6 Å². The molecule has 0 unspecified atom stereocenters. The monoisotopic (exact) mass is 782 g/mol. The number of hydrogen-bond donors (Lipinski definition) is 0. The lowest BCUT2D eigenvalue weighted by Crippen LogP contribution is -2.15. The van der Waals surface area contributed by atoms with Gasteiger partial charge in [-0.15, -0.1) is 0 Å². The predicted molar refractivity (Wildman–Crippen MR) is 182 cm³/mol. The quantitative estimate of drug-likeness (QED) is 0.0389. The highest BCUT2D eigenvalue weighted by molar-refractivity contribution is 14.1. The Morgan fingerprint density at radius 1 is 0.370 bits per heavy atom. The molecule has 0 atom stereocenters. The van der Waals surface area contributed by atoms with E-state index >= 15 is 0 Å². The van der Waals surface area contributed by atoms with Crippen molar-refractivity contribution in [3.05, 3.63) is 0 Å². The molecule has 0 spiro atoms. The van der Waals surface area contributed by atoms with Crippen LogP contribution in [0.2, 0.25) is 0 Å². The third-order valence-corrected chi connectivity index (χ3v) is 6.36. The van der Waals surface area contributed by atoms with E-state index in [4.69, 9.17) is 56.8 Å². The molecule has 46 heavy (non-hydrogen) atoms. The Morgan fingerprint density at radius 2 is 0.630 bits per heavy atom. The molecule has 14 heteroatoms. The van der Waals surface area contributed by atoms with Gasteiger partial charge in [-0.3, -0.25) is 4.79 Å². The topological polar surface area (TPSA) is 128 Å². The molecular weight excluding hydrogens is 719 g/mol. The van der Waals surface area contributed by atoms with Gasteiger partial charge < -0.3 is 56.8 Å². The zero-order chi connectivity index (χ0) is 33.3. The van der Waals surface area contributed by atoms with Gasteiger partial charge >= 0.3 is 5.97 Å². The Morgan fingerprint density at radius 3 is 0.913 bits per heavy atom. The van der Waals surface area contributed by atoms with Crippen LogP contribution in [0.15, 0.2) is 0 Å². The van der Waals surface area contributed by atoms with Crippen LogP contribution in [0, 0.1) is 0 Å². The van der Waals surface area contributed by atoms with E-state index in [9.17, 15) is 4.79 Å². The van der Waals surface area contributed by atoms with Crippen molar-refractivity contribution in [2.45, 2.75) is 45.4 Å². The maximum Gasteiger partial charge on any atom is 0.305 e. The number of halogens is 1. The van der Waals surface area contributed by atoms with Crippen LogP contribution in [-0.4, -0.2) is 162 Å². The molecule has 0 saturated heterocycles. The van der Waals surface area contributed by atoms with Crippen LogP contribution in [0.4, 0.5) is 0 Å². The van der Waals surface area contributed by atoms with Gasteiger partial charge in [0, 0.05) is 10.8 Å². The fraction of sp³-hybridized carbons (Fsp3) is 0.969. The fourth-order valence-electron chi connectivity index (χ4n) is 3.52. The predicted octanol–water partition coefficient (Wildman–Crippen LogP) is 3.51. The van der Waals surface area contributed by atoms with Gasteiger partial charge in [0.2, 0.25) is 0 Å². The molecule has 0 saturated carbocycles. The maximum absolute atomic E-state index is 11.6. The maximum atomic E-state index is 11.6. The van der Waals surface area contributed by atoms with Gasteiger partial charge in [-0.05, 0) is 6.42 Å². The Hall–Kier alpha value is -0.240. The Kier molecular flexibility index (Phi) is 42.6. The highest BCUT2D eigenvalue weighted by Gasteiger charge is 2.02. The summed E-state index contributed by atoms with van der Waals surface area (Å²) < 4.78 is 66.0. The normalized spacial score (nSPS) is 11.4. The van der Waals surface area contributed by atoms with E-state index in [2.05, 4.69) is 29.5 Å². The number of alkyl halides is 1. The Balaban J connectivity index is 3.08. The van der Waals surface area contributed by atoms with Crippen molar-refractivity contribution in [2.24, 2.45) is 0 Å². The van der Waals surface area contributed by atoms with Crippen LogP contribution in [0.25, 0.3) is 0 Å². The van der Waals surface area contributed by atoms with E-state index in [0.717, 1.165) is 23.9 Å². The average Bonchev–Trinajstić information content (AvgIpc) is 3.06. The summed E-state index contributed by atoms with van der Waals surface area (Å²) in [5.41, 5.74) is 0. The first-order valence-corrected chi connectivity index (χ1v) is 18.4. The highest BCUT2D eigenvalue weighted by atomic mass is 127. The summed E-state index contributed by atoms with van der Waals surface area (Å²) >= 11 is 2.28.